The Morgan fingerprint density at radius 1 is 1.20 bits per heavy atom. The molecule has 0 atom stereocenters. The first-order valence-electron chi connectivity index (χ1n) is 9.41. The van der Waals surface area contributed by atoms with E-state index in [1.807, 2.05) is 18.2 Å². The maximum atomic E-state index is 12.9. The standard InChI is InChI=1S/C21H19Cl2N3O3S/c22-14-9-13-15(19(24)28)21(30-18(13)16(23)17(14)27)25-20(29)12-5-3-4-11(8-12)10-26-6-1-2-7-26/h3-5,8-9,27H,1-2,6-7,10H2,(H2,24,28)(H,25,29). The number of benzene rings is 2. The summed E-state index contributed by atoms with van der Waals surface area (Å²) in [6, 6.07) is 8.82. The lowest BCUT2D eigenvalue weighted by atomic mass is 10.1. The van der Waals surface area contributed by atoms with Gasteiger partial charge < -0.3 is 16.2 Å². The SMILES string of the molecule is NC(=O)c1c(NC(=O)c2cccc(CN3CCCC3)c2)sc2c(Cl)c(O)c(Cl)cc12. The van der Waals surface area contributed by atoms with Crippen molar-refractivity contribution < 1.29 is 14.7 Å². The van der Waals surface area contributed by atoms with Crippen molar-refractivity contribution in [2.24, 2.45) is 5.73 Å². The molecule has 0 saturated carbocycles. The fourth-order valence-electron chi connectivity index (χ4n) is 3.67. The van der Waals surface area contributed by atoms with Crippen molar-refractivity contribution in [1.82, 2.24) is 4.90 Å². The number of fused-ring (bicyclic) bond motifs is 1. The second-order valence-electron chi connectivity index (χ2n) is 7.21. The van der Waals surface area contributed by atoms with Crippen LogP contribution in [0, 0.1) is 0 Å². The smallest absolute Gasteiger partial charge is 0.256 e. The number of primary amides is 1. The molecule has 156 valence electrons. The molecule has 0 bridgehead atoms. The highest BCUT2D eigenvalue weighted by Gasteiger charge is 2.23. The fraction of sp³-hybridized carbons (Fsp3) is 0.238. The minimum Gasteiger partial charge on any atom is -0.505 e. The van der Waals surface area contributed by atoms with E-state index in [-0.39, 0.29) is 32.3 Å². The largest absolute Gasteiger partial charge is 0.505 e. The molecule has 3 aromatic rings. The van der Waals surface area contributed by atoms with Gasteiger partial charge >= 0.3 is 0 Å². The van der Waals surface area contributed by atoms with Crippen molar-refractivity contribution in [3.05, 3.63) is 57.1 Å². The fourth-order valence-corrected chi connectivity index (χ4v) is 5.36. The number of phenolic OH excluding ortho intramolecular Hbond substituents is 1. The van der Waals surface area contributed by atoms with E-state index in [2.05, 4.69) is 10.2 Å². The van der Waals surface area contributed by atoms with Gasteiger partial charge in [-0.15, -0.1) is 11.3 Å². The molecule has 1 aliphatic rings. The van der Waals surface area contributed by atoms with Gasteiger partial charge in [-0.2, -0.15) is 0 Å². The number of likely N-dealkylation sites (tertiary alicyclic amines) is 1. The summed E-state index contributed by atoms with van der Waals surface area (Å²) in [5, 5.41) is 13.4. The van der Waals surface area contributed by atoms with Crippen LogP contribution in [0.15, 0.2) is 30.3 Å². The Morgan fingerprint density at radius 3 is 2.63 bits per heavy atom. The van der Waals surface area contributed by atoms with Crippen LogP contribution in [0.25, 0.3) is 10.1 Å². The number of phenols is 1. The third kappa shape index (κ3) is 3.98. The molecular weight excluding hydrogens is 445 g/mol. The molecule has 0 unspecified atom stereocenters. The van der Waals surface area contributed by atoms with E-state index >= 15 is 0 Å². The number of hydrogen-bond acceptors (Lipinski definition) is 5. The summed E-state index contributed by atoms with van der Waals surface area (Å²) >= 11 is 13.2. The third-order valence-corrected chi connectivity index (χ3v) is 7.02. The zero-order valence-electron chi connectivity index (χ0n) is 15.9. The topological polar surface area (TPSA) is 95.7 Å². The second-order valence-corrected chi connectivity index (χ2v) is 9.01. The van der Waals surface area contributed by atoms with Crippen molar-refractivity contribution >= 4 is 61.4 Å². The van der Waals surface area contributed by atoms with Crippen molar-refractivity contribution in [2.45, 2.75) is 19.4 Å². The maximum absolute atomic E-state index is 12.9. The molecule has 0 spiro atoms. The molecule has 4 rings (SSSR count). The highest BCUT2D eigenvalue weighted by atomic mass is 35.5. The van der Waals surface area contributed by atoms with Crippen LogP contribution in [0.4, 0.5) is 5.00 Å². The van der Waals surface area contributed by atoms with Crippen molar-refractivity contribution in [3.63, 3.8) is 0 Å². The molecule has 6 nitrogen and oxygen atoms in total. The third-order valence-electron chi connectivity index (χ3n) is 5.12. The number of thiophene rings is 1. The van der Waals surface area contributed by atoms with Crippen LogP contribution in [-0.2, 0) is 6.54 Å². The van der Waals surface area contributed by atoms with Crippen LogP contribution in [0.5, 0.6) is 5.75 Å². The Balaban J connectivity index is 1.65. The lowest BCUT2D eigenvalue weighted by molar-refractivity contribution is 0.100. The predicted octanol–water partition coefficient (Wildman–Crippen LogP) is 4.86. The maximum Gasteiger partial charge on any atom is 0.256 e. The Bertz CT molecular complexity index is 1160. The minimum absolute atomic E-state index is 0.000269. The van der Waals surface area contributed by atoms with Crippen LogP contribution < -0.4 is 11.1 Å². The molecule has 9 heteroatoms. The first kappa shape index (κ1) is 20.9. The van der Waals surface area contributed by atoms with Gasteiger partial charge in [-0.3, -0.25) is 14.5 Å². The Morgan fingerprint density at radius 2 is 1.93 bits per heavy atom. The molecule has 1 aliphatic heterocycles. The van der Waals surface area contributed by atoms with Crippen molar-refractivity contribution in [1.29, 1.82) is 0 Å². The number of rotatable bonds is 5. The van der Waals surface area contributed by atoms with Gasteiger partial charge in [-0.25, -0.2) is 0 Å². The van der Waals surface area contributed by atoms with Gasteiger partial charge in [0.15, 0.2) is 5.75 Å². The number of hydrogen-bond donors (Lipinski definition) is 3. The van der Waals surface area contributed by atoms with Crippen LogP contribution in [0.3, 0.4) is 0 Å². The average molecular weight is 464 g/mol. The molecule has 0 aliphatic carbocycles. The normalized spacial score (nSPS) is 14.3. The zero-order chi connectivity index (χ0) is 21.4. The van der Waals surface area contributed by atoms with Crippen LogP contribution in [0.2, 0.25) is 10.0 Å². The summed E-state index contributed by atoms with van der Waals surface area (Å²) in [4.78, 5) is 27.3. The van der Waals surface area contributed by atoms with Crippen LogP contribution in [0.1, 0.15) is 39.1 Å². The minimum atomic E-state index is -0.725. The van der Waals surface area contributed by atoms with E-state index in [1.54, 1.807) is 6.07 Å². The molecule has 2 aromatic carbocycles. The number of nitrogens with one attached hydrogen (secondary N) is 1. The number of anilines is 1. The van der Waals surface area contributed by atoms with Crippen molar-refractivity contribution in [2.75, 3.05) is 18.4 Å². The van der Waals surface area contributed by atoms with E-state index in [0.29, 0.717) is 15.6 Å². The molecule has 1 saturated heterocycles. The van der Waals surface area contributed by atoms with Gasteiger partial charge in [0.1, 0.15) is 10.0 Å². The molecule has 4 N–H and O–H groups in total. The van der Waals surface area contributed by atoms with Crippen molar-refractivity contribution in [3.8, 4) is 5.75 Å². The number of nitrogens with zero attached hydrogens (tertiary/aromatic N) is 1. The highest BCUT2D eigenvalue weighted by molar-refractivity contribution is 7.24. The van der Waals surface area contributed by atoms with E-state index in [0.717, 1.165) is 36.5 Å². The van der Waals surface area contributed by atoms with E-state index in [4.69, 9.17) is 28.9 Å². The lowest BCUT2D eigenvalue weighted by Gasteiger charge is -2.15. The molecule has 1 fully saturated rings. The molecule has 2 heterocycles. The van der Waals surface area contributed by atoms with Crippen LogP contribution >= 0.6 is 34.5 Å². The lowest BCUT2D eigenvalue weighted by Crippen LogP contribution is -2.19. The number of nitrogens with two attached hydrogens (primary N) is 1. The number of carbonyl (C=O) groups is 2. The number of halogens is 2. The summed E-state index contributed by atoms with van der Waals surface area (Å²) in [5.41, 5.74) is 7.20. The zero-order valence-corrected chi connectivity index (χ0v) is 18.2. The molecule has 0 radical (unpaired) electrons. The number of aromatic hydroxyl groups is 1. The molecule has 1 aromatic heterocycles. The van der Waals surface area contributed by atoms with Gasteiger partial charge in [0.2, 0.25) is 0 Å². The highest BCUT2D eigenvalue weighted by Crippen LogP contribution is 2.46. The van der Waals surface area contributed by atoms with E-state index in [9.17, 15) is 14.7 Å². The summed E-state index contributed by atoms with van der Waals surface area (Å²) in [6.07, 6.45) is 2.40. The van der Waals surface area contributed by atoms with Gasteiger partial charge in [0.25, 0.3) is 11.8 Å². The van der Waals surface area contributed by atoms with E-state index in [1.165, 1.54) is 18.9 Å². The second kappa shape index (κ2) is 8.43. The number of carbonyl (C=O) groups excluding carboxylic acids is 2. The van der Waals surface area contributed by atoms with Gasteiger partial charge in [-0.1, -0.05) is 35.3 Å². The summed E-state index contributed by atoms with van der Waals surface area (Å²) in [7, 11) is 0. The Kier molecular flexibility index (Phi) is 5.88. The Hall–Kier alpha value is -2.32. The predicted molar refractivity (Wildman–Crippen MR) is 121 cm³/mol. The summed E-state index contributed by atoms with van der Waals surface area (Å²) < 4.78 is 0.422. The number of amides is 2. The monoisotopic (exact) mass is 463 g/mol. The summed E-state index contributed by atoms with van der Waals surface area (Å²) in [5.74, 6) is -1.37. The van der Waals surface area contributed by atoms with Crippen LogP contribution in [-0.4, -0.2) is 34.9 Å². The quantitative estimate of drug-likeness (QED) is 0.503. The Labute approximate surface area is 187 Å². The van der Waals surface area contributed by atoms with Gasteiger partial charge in [0.05, 0.1) is 15.3 Å². The average Bonchev–Trinajstić information content (AvgIpc) is 3.34. The molecule has 30 heavy (non-hydrogen) atoms. The first-order chi connectivity index (χ1) is 14.3. The first-order valence-corrected chi connectivity index (χ1v) is 11.0. The molecular formula is C21H19Cl2N3O3S. The van der Waals surface area contributed by atoms with E-state index < -0.39 is 5.91 Å². The van der Waals surface area contributed by atoms with Gasteiger partial charge in [0, 0.05) is 17.5 Å². The molecule has 2 amide bonds. The summed E-state index contributed by atoms with van der Waals surface area (Å²) in [6.45, 7) is 2.93. The van der Waals surface area contributed by atoms with Gasteiger partial charge in [-0.05, 0) is 49.7 Å².